The van der Waals surface area contributed by atoms with Gasteiger partial charge in [0.25, 0.3) is 0 Å². The number of carbonyl (C=O) groups is 2. The Hall–Kier alpha value is -1.78. The summed E-state index contributed by atoms with van der Waals surface area (Å²) in [4.78, 5) is 21.9. The van der Waals surface area contributed by atoms with Crippen LogP contribution in [0, 0.1) is 0 Å². The lowest BCUT2D eigenvalue weighted by Gasteiger charge is -2.19. The third-order valence-corrected chi connectivity index (χ3v) is 2.48. The molecule has 0 N–H and O–H groups in total. The molecular weight excluding hydrogens is 224 g/mol. The molecule has 0 aliphatic carbocycles. The predicted molar refractivity (Wildman–Crippen MR) is 60.1 cm³/mol. The Morgan fingerprint density at radius 3 is 2.82 bits per heavy atom. The van der Waals surface area contributed by atoms with Crippen molar-refractivity contribution in [1.29, 1.82) is 0 Å². The van der Waals surface area contributed by atoms with E-state index in [2.05, 4.69) is 13.2 Å². The summed E-state index contributed by atoms with van der Waals surface area (Å²) < 4.78 is 14.6. The molecule has 1 aliphatic rings. The van der Waals surface area contributed by atoms with Gasteiger partial charge in [-0.2, -0.15) is 0 Å². The lowest BCUT2D eigenvalue weighted by atomic mass is 9.99. The van der Waals surface area contributed by atoms with E-state index < -0.39 is 11.8 Å². The lowest BCUT2D eigenvalue weighted by Crippen LogP contribution is -2.26. The van der Waals surface area contributed by atoms with Gasteiger partial charge in [-0.25, -0.2) is 4.79 Å². The van der Waals surface area contributed by atoms with Crippen LogP contribution in [0.5, 0.6) is 0 Å². The summed E-state index contributed by atoms with van der Waals surface area (Å²) in [6.45, 7) is 9.03. The van der Waals surface area contributed by atoms with E-state index in [0.717, 1.165) is 0 Å². The van der Waals surface area contributed by atoms with Crippen molar-refractivity contribution < 1.29 is 23.8 Å². The minimum absolute atomic E-state index is 0.197. The first-order valence-electron chi connectivity index (χ1n) is 5.34. The zero-order valence-corrected chi connectivity index (χ0v) is 9.86. The van der Waals surface area contributed by atoms with Crippen LogP contribution in [0.4, 0.5) is 4.79 Å². The summed E-state index contributed by atoms with van der Waals surface area (Å²) in [5, 5.41) is 0. The summed E-state index contributed by atoms with van der Waals surface area (Å²) in [5.74, 6) is -0.0245. The predicted octanol–water partition coefficient (Wildman–Crippen LogP) is 2.33. The fraction of sp³-hybridized carbons (Fsp3) is 0.500. The van der Waals surface area contributed by atoms with Gasteiger partial charge >= 0.3 is 12.1 Å². The zero-order valence-electron chi connectivity index (χ0n) is 9.86. The largest absolute Gasteiger partial charge is 0.514 e. The smallest absolute Gasteiger partial charge is 0.465 e. The summed E-state index contributed by atoms with van der Waals surface area (Å²) in [6, 6.07) is 0. The Kier molecular flexibility index (Phi) is 4.31. The lowest BCUT2D eigenvalue weighted by molar-refractivity contribution is -0.142. The molecule has 1 atom stereocenters. The topological polar surface area (TPSA) is 61.8 Å². The molecule has 1 saturated heterocycles. The Morgan fingerprint density at radius 2 is 2.29 bits per heavy atom. The molecule has 0 aromatic heterocycles. The van der Waals surface area contributed by atoms with Crippen LogP contribution in [0.1, 0.15) is 26.2 Å². The number of ether oxygens (including phenoxy) is 3. The first-order chi connectivity index (χ1) is 7.98. The van der Waals surface area contributed by atoms with Crippen molar-refractivity contribution in [1.82, 2.24) is 0 Å². The second kappa shape index (κ2) is 5.52. The highest BCUT2D eigenvalue weighted by atomic mass is 16.8. The number of rotatable bonds is 6. The summed E-state index contributed by atoms with van der Waals surface area (Å²) in [6.07, 6.45) is 2.01. The Labute approximate surface area is 100 Å². The van der Waals surface area contributed by atoms with Crippen LogP contribution in [0.3, 0.4) is 0 Å². The van der Waals surface area contributed by atoms with Crippen molar-refractivity contribution in [2.45, 2.75) is 31.8 Å². The fourth-order valence-corrected chi connectivity index (χ4v) is 1.43. The molecule has 0 saturated carbocycles. The van der Waals surface area contributed by atoms with Crippen LogP contribution in [-0.4, -0.2) is 24.3 Å². The molecule has 1 fully saturated rings. The van der Waals surface area contributed by atoms with E-state index in [1.165, 1.54) is 6.08 Å². The summed E-state index contributed by atoms with van der Waals surface area (Å²) in [5.41, 5.74) is -0.818. The van der Waals surface area contributed by atoms with Gasteiger partial charge in [-0.05, 0) is 19.8 Å². The van der Waals surface area contributed by atoms with Gasteiger partial charge in [0, 0.05) is 0 Å². The Morgan fingerprint density at radius 1 is 1.59 bits per heavy atom. The molecule has 1 rings (SSSR count). The van der Waals surface area contributed by atoms with Gasteiger partial charge in [0.15, 0.2) is 5.60 Å². The van der Waals surface area contributed by atoms with Crippen molar-refractivity contribution in [3.8, 4) is 0 Å². The van der Waals surface area contributed by atoms with Gasteiger partial charge < -0.3 is 14.2 Å². The molecule has 5 nitrogen and oxygen atoms in total. The molecule has 0 spiro atoms. The fourth-order valence-electron chi connectivity index (χ4n) is 1.43. The van der Waals surface area contributed by atoms with Crippen LogP contribution >= 0.6 is 0 Å². The van der Waals surface area contributed by atoms with Gasteiger partial charge in [-0.1, -0.05) is 12.7 Å². The number of hydrogen-bond acceptors (Lipinski definition) is 5. The van der Waals surface area contributed by atoms with Gasteiger partial charge in [0.05, 0.1) is 13.0 Å². The van der Waals surface area contributed by atoms with E-state index in [4.69, 9.17) is 14.2 Å². The van der Waals surface area contributed by atoms with Crippen molar-refractivity contribution >= 4 is 12.1 Å². The quantitative estimate of drug-likeness (QED) is 0.405. The number of carbonyl (C=O) groups excluding carboxylic acids is 2. The molecule has 94 valence electrons. The first kappa shape index (κ1) is 13.3. The molecule has 17 heavy (non-hydrogen) atoms. The number of esters is 1. The Balaban J connectivity index is 2.27. The maximum Gasteiger partial charge on any atom is 0.514 e. The number of cyclic esters (lactones) is 2. The third-order valence-electron chi connectivity index (χ3n) is 2.48. The minimum Gasteiger partial charge on any atom is -0.465 e. The second-order valence-corrected chi connectivity index (χ2v) is 3.92. The number of hydrogen-bond donors (Lipinski definition) is 0. The zero-order chi connectivity index (χ0) is 12.9. The molecule has 0 aromatic rings. The highest BCUT2D eigenvalue weighted by Crippen LogP contribution is 2.33. The van der Waals surface area contributed by atoms with Gasteiger partial charge in [-0.3, -0.25) is 4.79 Å². The maximum atomic E-state index is 11.0. The van der Waals surface area contributed by atoms with Gasteiger partial charge in [0.2, 0.25) is 0 Å². The van der Waals surface area contributed by atoms with Crippen molar-refractivity contribution in [2.75, 3.05) is 6.61 Å². The van der Waals surface area contributed by atoms with E-state index >= 15 is 0 Å². The second-order valence-electron chi connectivity index (χ2n) is 3.92. The molecule has 0 amide bonds. The molecule has 0 bridgehead atoms. The minimum atomic E-state index is -0.818. The Bertz CT molecular complexity index is 347. The van der Waals surface area contributed by atoms with E-state index in [9.17, 15) is 9.59 Å². The van der Waals surface area contributed by atoms with Crippen molar-refractivity contribution in [2.24, 2.45) is 0 Å². The van der Waals surface area contributed by atoms with Crippen molar-refractivity contribution in [3.63, 3.8) is 0 Å². The highest BCUT2D eigenvalue weighted by molar-refractivity contribution is 5.70. The maximum absolute atomic E-state index is 11.0. The molecule has 5 heteroatoms. The van der Waals surface area contributed by atoms with Gasteiger partial charge in [0.1, 0.15) is 5.76 Å². The van der Waals surface area contributed by atoms with Crippen LogP contribution in [0.2, 0.25) is 0 Å². The molecule has 1 unspecified atom stereocenters. The molecule has 0 aromatic carbocycles. The average molecular weight is 240 g/mol. The summed E-state index contributed by atoms with van der Waals surface area (Å²) >= 11 is 0. The van der Waals surface area contributed by atoms with Crippen LogP contribution in [0.25, 0.3) is 0 Å². The molecule has 1 heterocycles. The standard InChI is InChI=1S/C12H16O5/c1-4-6-10(13)15-8-5-7-12(3)9(2)16-11(14)17-12/h4H,1-2,5-8H2,3H3. The third kappa shape index (κ3) is 3.62. The van der Waals surface area contributed by atoms with Crippen LogP contribution < -0.4 is 0 Å². The highest BCUT2D eigenvalue weighted by Gasteiger charge is 2.41. The van der Waals surface area contributed by atoms with E-state index in [1.54, 1.807) is 6.92 Å². The molecule has 1 aliphatic heterocycles. The average Bonchev–Trinajstić information content (AvgIpc) is 2.49. The van der Waals surface area contributed by atoms with Crippen LogP contribution in [0.15, 0.2) is 25.0 Å². The monoisotopic (exact) mass is 240 g/mol. The molecular formula is C12H16O5. The van der Waals surface area contributed by atoms with Crippen molar-refractivity contribution in [3.05, 3.63) is 25.0 Å². The SMILES string of the molecule is C=CCC(=O)OCCCC1(C)OC(=O)OC1=C. The van der Waals surface area contributed by atoms with E-state index in [-0.39, 0.29) is 19.0 Å². The molecule has 0 radical (unpaired) electrons. The first-order valence-corrected chi connectivity index (χ1v) is 5.34. The van der Waals surface area contributed by atoms with Gasteiger partial charge in [-0.15, -0.1) is 6.58 Å². The van der Waals surface area contributed by atoms with E-state index in [0.29, 0.717) is 18.6 Å². The normalized spacial score (nSPS) is 22.9. The van der Waals surface area contributed by atoms with Crippen LogP contribution in [-0.2, 0) is 19.0 Å². The van der Waals surface area contributed by atoms with E-state index in [1.807, 2.05) is 0 Å². The summed E-state index contributed by atoms with van der Waals surface area (Å²) in [7, 11) is 0.